The number of aliphatic imine (C=N–C) groups is 1. The van der Waals surface area contributed by atoms with Crippen molar-refractivity contribution in [3.8, 4) is 22.4 Å². The average Bonchev–Trinajstić information content (AvgIpc) is 3.87. The number of allylic oxidation sites excluding steroid dienone is 1. The maximum Gasteiger partial charge on any atom is 0.224 e. The van der Waals surface area contributed by atoms with Gasteiger partial charge in [-0.25, -0.2) is 4.98 Å². The van der Waals surface area contributed by atoms with Crippen LogP contribution in [0.3, 0.4) is 0 Å². The normalized spacial score (nSPS) is 19.5. The summed E-state index contributed by atoms with van der Waals surface area (Å²) in [7, 11) is 0. The fraction of sp³-hybridized carbons (Fsp3) is 0.417. The van der Waals surface area contributed by atoms with Crippen LogP contribution >= 0.6 is 0 Å². The Bertz CT molecular complexity index is 1600. The van der Waals surface area contributed by atoms with Crippen LogP contribution in [0.5, 0.6) is 0 Å². The van der Waals surface area contributed by atoms with Crippen molar-refractivity contribution < 1.29 is 14.4 Å². The molecule has 6 rings (SSSR count). The Morgan fingerprint density at radius 2 is 1.44 bits per heavy atom. The van der Waals surface area contributed by atoms with E-state index in [0.29, 0.717) is 19.4 Å². The maximum absolute atomic E-state index is 12.8. The number of aromatic nitrogens is 2. The molecule has 234 valence electrons. The van der Waals surface area contributed by atoms with Crippen LogP contribution in [0.1, 0.15) is 82.6 Å². The van der Waals surface area contributed by atoms with Crippen molar-refractivity contribution in [3.05, 3.63) is 72.3 Å². The number of rotatable bonds is 10. The van der Waals surface area contributed by atoms with E-state index in [2.05, 4.69) is 63.8 Å². The van der Waals surface area contributed by atoms with E-state index in [-0.39, 0.29) is 29.8 Å². The first-order valence-corrected chi connectivity index (χ1v) is 16.3. The molecule has 3 aliphatic heterocycles. The van der Waals surface area contributed by atoms with Gasteiger partial charge in [-0.15, -0.1) is 0 Å². The molecule has 2 N–H and O–H groups in total. The molecule has 3 amide bonds. The molecule has 0 spiro atoms. The molecule has 0 aliphatic carbocycles. The van der Waals surface area contributed by atoms with Gasteiger partial charge in [0, 0.05) is 57.7 Å². The minimum absolute atomic E-state index is 0.0350. The van der Waals surface area contributed by atoms with E-state index in [4.69, 9.17) is 4.99 Å². The van der Waals surface area contributed by atoms with Crippen molar-refractivity contribution in [2.45, 2.75) is 77.3 Å². The fourth-order valence-electron chi connectivity index (χ4n) is 6.81. The molecule has 0 radical (unpaired) electrons. The topological polar surface area (TPSA) is 111 Å². The number of nitrogens with one attached hydrogen (secondary N) is 2. The number of amides is 3. The van der Waals surface area contributed by atoms with E-state index in [1.165, 1.54) is 6.92 Å². The molecule has 0 bridgehead atoms. The highest BCUT2D eigenvalue weighted by Gasteiger charge is 2.34. The number of benzene rings is 2. The third kappa shape index (κ3) is 6.77. The van der Waals surface area contributed by atoms with Gasteiger partial charge in [-0.2, -0.15) is 0 Å². The van der Waals surface area contributed by atoms with Gasteiger partial charge in [0.2, 0.25) is 17.7 Å². The lowest BCUT2D eigenvalue weighted by Gasteiger charge is -2.25. The van der Waals surface area contributed by atoms with Crippen LogP contribution in [0.2, 0.25) is 0 Å². The van der Waals surface area contributed by atoms with Crippen molar-refractivity contribution >= 4 is 29.0 Å². The Kier molecular flexibility index (Phi) is 9.23. The SMILES string of the molecule is CCCC(=O)N1CCC[C@H]1c1ncc(-c2ccc(-c3ccc(C4=CN=C([C@@H]5CCCN5C(=O)CCNC(C)=O)C4)cc3)cc2)[nH]1. The second kappa shape index (κ2) is 13.6. The van der Waals surface area contributed by atoms with E-state index in [0.717, 1.165) is 96.7 Å². The molecule has 9 heteroatoms. The molecule has 45 heavy (non-hydrogen) atoms. The smallest absolute Gasteiger partial charge is 0.224 e. The Hall–Kier alpha value is -4.53. The first-order valence-electron chi connectivity index (χ1n) is 16.3. The fourth-order valence-corrected chi connectivity index (χ4v) is 6.81. The van der Waals surface area contributed by atoms with Gasteiger partial charge in [0.05, 0.1) is 24.0 Å². The summed E-state index contributed by atoms with van der Waals surface area (Å²) in [6.45, 7) is 5.43. The van der Waals surface area contributed by atoms with Crippen LogP contribution in [0.4, 0.5) is 0 Å². The molecule has 9 nitrogen and oxygen atoms in total. The number of carbonyl (C=O) groups is 3. The quantitative estimate of drug-likeness (QED) is 0.299. The summed E-state index contributed by atoms with van der Waals surface area (Å²) in [5, 5.41) is 2.72. The van der Waals surface area contributed by atoms with Crippen LogP contribution < -0.4 is 5.32 Å². The van der Waals surface area contributed by atoms with Crippen LogP contribution in [0.15, 0.2) is 65.9 Å². The number of aromatic amines is 1. The number of imidazole rings is 1. The molecule has 0 saturated carbocycles. The molecule has 2 atom stereocenters. The van der Waals surface area contributed by atoms with Crippen LogP contribution in [-0.2, 0) is 14.4 Å². The monoisotopic (exact) mass is 606 g/mol. The number of H-pyrrole nitrogens is 1. The lowest BCUT2D eigenvalue weighted by molar-refractivity contribution is -0.132. The summed E-state index contributed by atoms with van der Waals surface area (Å²) in [4.78, 5) is 53.4. The zero-order valence-corrected chi connectivity index (χ0v) is 26.2. The molecule has 0 unspecified atom stereocenters. The molecule has 1 aromatic heterocycles. The molecule has 2 fully saturated rings. The minimum atomic E-state index is -0.116. The first-order chi connectivity index (χ1) is 21.9. The average molecular weight is 607 g/mol. The van der Waals surface area contributed by atoms with E-state index < -0.39 is 0 Å². The summed E-state index contributed by atoms with van der Waals surface area (Å²) in [5.41, 5.74) is 7.64. The highest BCUT2D eigenvalue weighted by molar-refractivity contribution is 6.03. The van der Waals surface area contributed by atoms with E-state index in [9.17, 15) is 14.4 Å². The van der Waals surface area contributed by atoms with Crippen molar-refractivity contribution in [2.75, 3.05) is 19.6 Å². The number of hydrogen-bond donors (Lipinski definition) is 2. The van der Waals surface area contributed by atoms with E-state index >= 15 is 0 Å². The van der Waals surface area contributed by atoms with Crippen molar-refractivity contribution in [1.82, 2.24) is 25.1 Å². The van der Waals surface area contributed by atoms with Crippen LogP contribution in [0.25, 0.3) is 28.0 Å². The Morgan fingerprint density at radius 1 is 0.844 bits per heavy atom. The Labute approximate surface area is 264 Å². The van der Waals surface area contributed by atoms with Gasteiger partial charge < -0.3 is 20.1 Å². The molecule has 2 saturated heterocycles. The summed E-state index contributed by atoms with van der Waals surface area (Å²) in [5.74, 6) is 1.04. The number of hydrogen-bond acceptors (Lipinski definition) is 5. The summed E-state index contributed by atoms with van der Waals surface area (Å²) in [6, 6.07) is 17.1. The second-order valence-electron chi connectivity index (χ2n) is 12.3. The number of likely N-dealkylation sites (tertiary alicyclic amines) is 2. The molecule has 2 aromatic carbocycles. The maximum atomic E-state index is 12.8. The lowest BCUT2D eigenvalue weighted by atomic mass is 9.96. The summed E-state index contributed by atoms with van der Waals surface area (Å²) in [6.07, 6.45) is 10.2. The summed E-state index contributed by atoms with van der Waals surface area (Å²) < 4.78 is 0. The zero-order chi connectivity index (χ0) is 31.3. The number of carbonyl (C=O) groups excluding carboxylic acids is 3. The number of nitrogens with zero attached hydrogens (tertiary/aromatic N) is 4. The highest BCUT2D eigenvalue weighted by atomic mass is 16.2. The lowest BCUT2D eigenvalue weighted by Crippen LogP contribution is -2.41. The minimum Gasteiger partial charge on any atom is -0.356 e. The third-order valence-corrected chi connectivity index (χ3v) is 9.16. The van der Waals surface area contributed by atoms with Gasteiger partial charge in [0.25, 0.3) is 0 Å². The molecule has 3 aromatic rings. The molecule has 4 heterocycles. The van der Waals surface area contributed by atoms with E-state index in [1.807, 2.05) is 29.1 Å². The van der Waals surface area contributed by atoms with Crippen molar-refractivity contribution in [2.24, 2.45) is 4.99 Å². The largest absolute Gasteiger partial charge is 0.356 e. The highest BCUT2D eigenvalue weighted by Crippen LogP contribution is 2.34. The van der Waals surface area contributed by atoms with Gasteiger partial charge in [0.1, 0.15) is 5.82 Å². The first kappa shape index (κ1) is 30.5. The predicted octanol–water partition coefficient (Wildman–Crippen LogP) is 5.91. The Morgan fingerprint density at radius 3 is 2.11 bits per heavy atom. The van der Waals surface area contributed by atoms with E-state index in [1.54, 1.807) is 0 Å². The Balaban J connectivity index is 1.06. The van der Waals surface area contributed by atoms with Crippen LogP contribution in [0, 0.1) is 0 Å². The van der Waals surface area contributed by atoms with Gasteiger partial charge in [0.15, 0.2) is 0 Å². The van der Waals surface area contributed by atoms with Gasteiger partial charge in [-0.3, -0.25) is 19.4 Å². The van der Waals surface area contributed by atoms with Gasteiger partial charge in [-0.05, 0) is 59.9 Å². The zero-order valence-electron chi connectivity index (χ0n) is 26.2. The van der Waals surface area contributed by atoms with Crippen LogP contribution in [-0.4, -0.2) is 68.9 Å². The second-order valence-corrected chi connectivity index (χ2v) is 12.3. The summed E-state index contributed by atoms with van der Waals surface area (Å²) >= 11 is 0. The molecule has 3 aliphatic rings. The molecular formula is C36H42N6O3. The van der Waals surface area contributed by atoms with Crippen molar-refractivity contribution in [3.63, 3.8) is 0 Å². The standard InChI is InChI=1S/C36H42N6O3/c1-3-6-34(44)42-20-5-8-33(42)36-39-23-31(40-36)28-15-13-26(14-16-28)25-9-11-27(12-10-25)29-21-30(38-22-29)32-7-4-19-41(32)35(45)17-18-37-24(2)43/h9-16,22-23,32-33H,3-8,17-21H2,1-2H3,(H,37,43)(H,39,40)/t32-,33-/m0/s1. The van der Waals surface area contributed by atoms with Crippen molar-refractivity contribution in [1.29, 1.82) is 0 Å². The third-order valence-electron chi connectivity index (χ3n) is 9.16. The predicted molar refractivity (Wildman–Crippen MR) is 176 cm³/mol. The molecular weight excluding hydrogens is 564 g/mol. The van der Waals surface area contributed by atoms with Gasteiger partial charge >= 0.3 is 0 Å². The van der Waals surface area contributed by atoms with Gasteiger partial charge in [-0.1, -0.05) is 55.5 Å².